The Hall–Kier alpha value is -2.04. The van der Waals surface area contributed by atoms with Gasteiger partial charge in [0.15, 0.2) is 0 Å². The van der Waals surface area contributed by atoms with E-state index in [9.17, 15) is 0 Å². The Balaban J connectivity index is 2.38. The maximum atomic E-state index is 8.46. The lowest BCUT2D eigenvalue weighted by Gasteiger charge is -1.98. The smallest absolute Gasteiger partial charge is 0.143 e. The SMILES string of the molecule is Cc1nc2ccc(C/C(N)=N/O)cc2[nH]1. The number of aromatic nitrogens is 2. The van der Waals surface area contributed by atoms with Crippen molar-refractivity contribution in [3.63, 3.8) is 0 Å². The molecule has 0 aliphatic carbocycles. The van der Waals surface area contributed by atoms with Crippen molar-refractivity contribution in [1.82, 2.24) is 9.97 Å². The van der Waals surface area contributed by atoms with Gasteiger partial charge in [-0.3, -0.25) is 0 Å². The van der Waals surface area contributed by atoms with E-state index in [1.807, 2.05) is 25.1 Å². The van der Waals surface area contributed by atoms with Crippen molar-refractivity contribution in [1.29, 1.82) is 0 Å². The molecule has 0 aliphatic rings. The number of benzene rings is 1. The second-order valence-corrected chi connectivity index (χ2v) is 3.44. The molecule has 5 heteroatoms. The van der Waals surface area contributed by atoms with E-state index in [-0.39, 0.29) is 5.84 Å². The lowest BCUT2D eigenvalue weighted by Crippen LogP contribution is -2.14. The predicted molar refractivity (Wildman–Crippen MR) is 57.9 cm³/mol. The van der Waals surface area contributed by atoms with Crippen LogP contribution in [0.4, 0.5) is 0 Å². The second-order valence-electron chi connectivity index (χ2n) is 3.44. The summed E-state index contributed by atoms with van der Waals surface area (Å²) in [5.74, 6) is 1.08. The van der Waals surface area contributed by atoms with E-state index in [1.54, 1.807) is 0 Å². The van der Waals surface area contributed by atoms with Crippen LogP contribution in [0.15, 0.2) is 23.4 Å². The molecule has 1 aromatic heterocycles. The number of nitrogens with zero attached hydrogens (tertiary/aromatic N) is 2. The first-order chi connectivity index (χ1) is 7.19. The topological polar surface area (TPSA) is 87.3 Å². The van der Waals surface area contributed by atoms with Crippen LogP contribution in [-0.4, -0.2) is 21.0 Å². The van der Waals surface area contributed by atoms with Gasteiger partial charge in [-0.2, -0.15) is 0 Å². The fraction of sp³-hybridized carbons (Fsp3) is 0.200. The molecule has 4 N–H and O–H groups in total. The van der Waals surface area contributed by atoms with Gasteiger partial charge >= 0.3 is 0 Å². The number of hydrogen-bond donors (Lipinski definition) is 3. The zero-order valence-electron chi connectivity index (χ0n) is 8.36. The van der Waals surface area contributed by atoms with Crippen molar-refractivity contribution in [3.05, 3.63) is 29.6 Å². The summed E-state index contributed by atoms with van der Waals surface area (Å²) in [6.45, 7) is 1.91. The van der Waals surface area contributed by atoms with Gasteiger partial charge in [-0.15, -0.1) is 0 Å². The molecule has 1 aromatic carbocycles. The second kappa shape index (κ2) is 3.61. The van der Waals surface area contributed by atoms with Crippen LogP contribution in [-0.2, 0) is 6.42 Å². The Morgan fingerprint density at radius 2 is 2.40 bits per heavy atom. The van der Waals surface area contributed by atoms with E-state index in [2.05, 4.69) is 15.1 Å². The molecule has 0 aliphatic heterocycles. The summed E-state index contributed by atoms with van der Waals surface area (Å²) >= 11 is 0. The maximum Gasteiger partial charge on any atom is 0.143 e. The summed E-state index contributed by atoms with van der Waals surface area (Å²) in [6, 6.07) is 5.78. The average Bonchev–Trinajstić information content (AvgIpc) is 2.57. The number of aryl methyl sites for hydroxylation is 1. The highest BCUT2D eigenvalue weighted by molar-refractivity contribution is 5.84. The van der Waals surface area contributed by atoms with Gasteiger partial charge in [-0.05, 0) is 24.6 Å². The summed E-state index contributed by atoms with van der Waals surface area (Å²) in [6.07, 6.45) is 0.435. The Morgan fingerprint density at radius 1 is 1.60 bits per heavy atom. The molecule has 0 saturated carbocycles. The van der Waals surface area contributed by atoms with Crippen LogP contribution in [0.2, 0.25) is 0 Å². The van der Waals surface area contributed by atoms with Gasteiger partial charge < -0.3 is 15.9 Å². The third-order valence-electron chi connectivity index (χ3n) is 2.18. The molecule has 0 fully saturated rings. The molecule has 0 saturated heterocycles. The number of aromatic amines is 1. The number of nitrogens with two attached hydrogens (primary N) is 1. The Kier molecular flexibility index (Phi) is 2.29. The minimum Gasteiger partial charge on any atom is -0.409 e. The van der Waals surface area contributed by atoms with Gasteiger partial charge in [0.2, 0.25) is 0 Å². The molecule has 78 valence electrons. The molecule has 0 unspecified atom stereocenters. The third-order valence-corrected chi connectivity index (χ3v) is 2.18. The van der Waals surface area contributed by atoms with E-state index >= 15 is 0 Å². The van der Waals surface area contributed by atoms with E-state index in [0.29, 0.717) is 6.42 Å². The maximum absolute atomic E-state index is 8.46. The molecule has 2 rings (SSSR count). The molecule has 2 aromatic rings. The standard InChI is InChI=1S/C10H12N4O/c1-6-12-8-3-2-7(4-9(8)13-6)5-10(11)14-15/h2-4,15H,5H2,1H3,(H2,11,14)(H,12,13). The molecule has 15 heavy (non-hydrogen) atoms. The number of imidazole rings is 1. The zero-order chi connectivity index (χ0) is 10.8. The van der Waals surface area contributed by atoms with Crippen LogP contribution in [0, 0.1) is 6.92 Å². The Morgan fingerprint density at radius 3 is 3.13 bits per heavy atom. The number of rotatable bonds is 2. The van der Waals surface area contributed by atoms with Crippen molar-refractivity contribution in [2.75, 3.05) is 0 Å². The summed E-state index contributed by atoms with van der Waals surface area (Å²) < 4.78 is 0. The van der Waals surface area contributed by atoms with Gasteiger partial charge in [0, 0.05) is 6.42 Å². The van der Waals surface area contributed by atoms with Crippen LogP contribution < -0.4 is 5.73 Å². The monoisotopic (exact) mass is 204 g/mol. The molecule has 0 radical (unpaired) electrons. The largest absolute Gasteiger partial charge is 0.409 e. The molecule has 0 spiro atoms. The zero-order valence-corrected chi connectivity index (χ0v) is 8.36. The van der Waals surface area contributed by atoms with Crippen molar-refractivity contribution in [3.8, 4) is 0 Å². The van der Waals surface area contributed by atoms with Gasteiger partial charge in [0.25, 0.3) is 0 Å². The molecular formula is C10H12N4O. The number of fused-ring (bicyclic) bond motifs is 1. The fourth-order valence-corrected chi connectivity index (χ4v) is 1.54. The van der Waals surface area contributed by atoms with Gasteiger partial charge in [-0.25, -0.2) is 4.98 Å². The van der Waals surface area contributed by atoms with Crippen LogP contribution in [0.25, 0.3) is 11.0 Å². The van der Waals surface area contributed by atoms with Gasteiger partial charge in [0.05, 0.1) is 11.0 Å². The summed E-state index contributed by atoms with van der Waals surface area (Å²) in [5.41, 5.74) is 8.31. The highest BCUT2D eigenvalue weighted by Crippen LogP contribution is 2.13. The number of hydrogen-bond acceptors (Lipinski definition) is 3. The summed E-state index contributed by atoms with van der Waals surface area (Å²) in [4.78, 5) is 7.42. The number of oxime groups is 1. The quantitative estimate of drug-likeness (QED) is 0.297. The van der Waals surface area contributed by atoms with Crippen LogP contribution >= 0.6 is 0 Å². The van der Waals surface area contributed by atoms with E-state index in [4.69, 9.17) is 10.9 Å². The van der Waals surface area contributed by atoms with Crippen LogP contribution in [0.5, 0.6) is 0 Å². The number of H-pyrrole nitrogens is 1. The normalized spacial score (nSPS) is 12.2. The number of amidine groups is 1. The minimum atomic E-state index is 0.200. The van der Waals surface area contributed by atoms with E-state index in [0.717, 1.165) is 22.4 Å². The van der Waals surface area contributed by atoms with Gasteiger partial charge in [-0.1, -0.05) is 11.2 Å². The minimum absolute atomic E-state index is 0.200. The highest BCUT2D eigenvalue weighted by atomic mass is 16.4. The lowest BCUT2D eigenvalue weighted by molar-refractivity contribution is 0.317. The average molecular weight is 204 g/mol. The van der Waals surface area contributed by atoms with Crippen molar-refractivity contribution in [2.24, 2.45) is 10.9 Å². The molecule has 0 bridgehead atoms. The summed E-state index contributed by atoms with van der Waals surface area (Å²) in [5, 5.41) is 11.4. The first kappa shape index (κ1) is 9.51. The molecule has 0 atom stereocenters. The first-order valence-corrected chi connectivity index (χ1v) is 4.60. The Labute approximate surface area is 86.6 Å². The number of nitrogens with one attached hydrogen (secondary N) is 1. The molecular weight excluding hydrogens is 192 g/mol. The predicted octanol–water partition coefficient (Wildman–Crippen LogP) is 1.16. The molecule has 5 nitrogen and oxygen atoms in total. The first-order valence-electron chi connectivity index (χ1n) is 4.60. The molecule has 0 amide bonds. The van der Waals surface area contributed by atoms with E-state index < -0.39 is 0 Å². The highest BCUT2D eigenvalue weighted by Gasteiger charge is 2.02. The van der Waals surface area contributed by atoms with Crippen LogP contribution in [0.1, 0.15) is 11.4 Å². The summed E-state index contributed by atoms with van der Waals surface area (Å²) in [7, 11) is 0. The van der Waals surface area contributed by atoms with Crippen molar-refractivity contribution < 1.29 is 5.21 Å². The Bertz CT molecular complexity index is 515. The van der Waals surface area contributed by atoms with Crippen molar-refractivity contribution in [2.45, 2.75) is 13.3 Å². The lowest BCUT2D eigenvalue weighted by atomic mass is 10.1. The molecule has 1 heterocycles. The van der Waals surface area contributed by atoms with E-state index in [1.165, 1.54) is 0 Å². The fourth-order valence-electron chi connectivity index (χ4n) is 1.54. The van der Waals surface area contributed by atoms with Crippen molar-refractivity contribution >= 4 is 16.9 Å². The third kappa shape index (κ3) is 1.90. The van der Waals surface area contributed by atoms with Crippen LogP contribution in [0.3, 0.4) is 0 Å². The van der Waals surface area contributed by atoms with Gasteiger partial charge in [0.1, 0.15) is 11.7 Å².